The van der Waals surface area contributed by atoms with Crippen LogP contribution in [0.5, 0.6) is 0 Å². The van der Waals surface area contributed by atoms with Gasteiger partial charge in [0.2, 0.25) is 5.91 Å². The van der Waals surface area contributed by atoms with E-state index in [4.69, 9.17) is 27.9 Å². The van der Waals surface area contributed by atoms with Crippen LogP contribution in [0.1, 0.15) is 46.4 Å². The van der Waals surface area contributed by atoms with Crippen molar-refractivity contribution < 1.29 is 19.1 Å². The van der Waals surface area contributed by atoms with Crippen molar-refractivity contribution in [3.63, 3.8) is 0 Å². The highest BCUT2D eigenvalue weighted by molar-refractivity contribution is 7.18. The van der Waals surface area contributed by atoms with E-state index in [0.717, 1.165) is 11.3 Å². The Hall–Kier alpha value is -1.37. The molecule has 1 fully saturated rings. The first kappa shape index (κ1) is 19.9. The van der Waals surface area contributed by atoms with Crippen molar-refractivity contribution in [2.24, 2.45) is 17.3 Å². The van der Waals surface area contributed by atoms with Gasteiger partial charge in [0.05, 0.1) is 23.5 Å². The number of anilines is 1. The molecule has 0 radical (unpaired) electrons. The molecule has 25 heavy (non-hydrogen) atoms. The molecule has 0 saturated heterocycles. The summed E-state index contributed by atoms with van der Waals surface area (Å²) >= 11 is 12.5. The third kappa shape index (κ3) is 3.76. The van der Waals surface area contributed by atoms with Gasteiger partial charge in [-0.15, -0.1) is 11.3 Å². The highest BCUT2D eigenvalue weighted by Crippen LogP contribution is 2.60. The van der Waals surface area contributed by atoms with Gasteiger partial charge in [0.1, 0.15) is 9.49 Å². The number of Topliss-reactive ketones (excluding diaryl/α,β-unsaturated/α-hetero) is 1. The molecular formula is C17H19Cl2NO4S. The number of ether oxygens (including phenoxy) is 1. The minimum atomic E-state index is -0.591. The predicted molar refractivity (Wildman–Crippen MR) is 99.6 cm³/mol. The van der Waals surface area contributed by atoms with Crippen LogP contribution in [-0.4, -0.2) is 24.8 Å². The highest BCUT2D eigenvalue weighted by atomic mass is 35.5. The molecular weight excluding hydrogens is 385 g/mol. The average molecular weight is 404 g/mol. The molecule has 0 aromatic carbocycles. The number of thiophene rings is 1. The maximum absolute atomic E-state index is 12.7. The highest BCUT2D eigenvalue weighted by Gasteiger charge is 2.60. The molecule has 1 aromatic rings. The Bertz CT molecular complexity index is 778. The maximum Gasteiger partial charge on any atom is 0.341 e. The lowest BCUT2D eigenvalue weighted by Crippen LogP contribution is -2.18. The first-order valence-electron chi connectivity index (χ1n) is 7.58. The summed E-state index contributed by atoms with van der Waals surface area (Å²) in [5.74, 6) is -1.43. The molecule has 0 aliphatic heterocycles. The van der Waals surface area contributed by atoms with Gasteiger partial charge in [-0.25, -0.2) is 4.79 Å². The number of esters is 1. The van der Waals surface area contributed by atoms with Gasteiger partial charge in [-0.1, -0.05) is 37.0 Å². The van der Waals surface area contributed by atoms with Crippen LogP contribution < -0.4 is 5.32 Å². The number of hydrogen-bond acceptors (Lipinski definition) is 5. The first-order chi connectivity index (χ1) is 11.5. The van der Waals surface area contributed by atoms with E-state index in [1.165, 1.54) is 14.0 Å². The second kappa shape index (κ2) is 7.09. The SMILES string of the molecule is COC(=O)c1c(NC(=O)C2C(C=C(Cl)Cl)C2(C)C)sc(C(C)=O)c1C. The van der Waals surface area contributed by atoms with E-state index in [1.807, 2.05) is 13.8 Å². The normalized spacial score (nSPS) is 20.6. The quantitative estimate of drug-likeness (QED) is 0.576. The van der Waals surface area contributed by atoms with Crippen LogP contribution in [0.2, 0.25) is 0 Å². The van der Waals surface area contributed by atoms with Crippen molar-refractivity contribution >= 4 is 57.2 Å². The standard InChI is InChI=1S/C17H19Cl2NO4S/c1-7-11(16(23)24-5)15(25-13(7)8(2)21)20-14(22)12-9(6-10(18)19)17(12,3)4/h6,9,12H,1-5H3,(H,20,22). The van der Waals surface area contributed by atoms with E-state index in [0.29, 0.717) is 15.4 Å². The zero-order chi connectivity index (χ0) is 19.1. The Morgan fingerprint density at radius 2 is 1.88 bits per heavy atom. The van der Waals surface area contributed by atoms with Crippen LogP contribution in [0.3, 0.4) is 0 Å². The fourth-order valence-corrected chi connectivity index (χ4v) is 4.46. The van der Waals surface area contributed by atoms with Crippen molar-refractivity contribution in [2.45, 2.75) is 27.7 Å². The second-order valence-electron chi connectivity index (χ2n) is 6.58. The lowest BCUT2D eigenvalue weighted by atomic mass is 10.1. The van der Waals surface area contributed by atoms with Crippen LogP contribution in [0.4, 0.5) is 5.00 Å². The van der Waals surface area contributed by atoms with Gasteiger partial charge in [-0.3, -0.25) is 9.59 Å². The van der Waals surface area contributed by atoms with Crippen LogP contribution in [0.15, 0.2) is 10.6 Å². The molecule has 136 valence electrons. The van der Waals surface area contributed by atoms with Crippen LogP contribution in [-0.2, 0) is 9.53 Å². The molecule has 1 aromatic heterocycles. The number of methoxy groups -OCH3 is 1. The average Bonchev–Trinajstić information content (AvgIpc) is 2.85. The molecule has 0 spiro atoms. The zero-order valence-corrected chi connectivity index (χ0v) is 16.9. The lowest BCUT2D eigenvalue weighted by molar-refractivity contribution is -0.118. The van der Waals surface area contributed by atoms with Crippen molar-refractivity contribution in [1.29, 1.82) is 0 Å². The lowest BCUT2D eigenvalue weighted by Gasteiger charge is -2.07. The smallest absolute Gasteiger partial charge is 0.341 e. The molecule has 1 saturated carbocycles. The number of allylic oxidation sites excluding steroid dienone is 1. The Morgan fingerprint density at radius 1 is 1.28 bits per heavy atom. The third-order valence-corrected chi connectivity index (χ3v) is 6.15. The fourth-order valence-electron chi connectivity index (χ4n) is 3.10. The number of halogens is 2. The number of amides is 1. The molecule has 1 aliphatic carbocycles. The summed E-state index contributed by atoms with van der Waals surface area (Å²) in [5, 5.41) is 3.10. The Labute approximate surface area is 160 Å². The van der Waals surface area contributed by atoms with Crippen molar-refractivity contribution in [3.8, 4) is 0 Å². The number of carbonyl (C=O) groups excluding carboxylic acids is 3. The summed E-state index contributed by atoms with van der Waals surface area (Å²) in [7, 11) is 1.26. The maximum atomic E-state index is 12.7. The van der Waals surface area contributed by atoms with E-state index in [9.17, 15) is 14.4 Å². The number of nitrogens with one attached hydrogen (secondary N) is 1. The summed E-state index contributed by atoms with van der Waals surface area (Å²) in [5.41, 5.74) is 0.433. The molecule has 2 rings (SSSR count). The van der Waals surface area contributed by atoms with Crippen LogP contribution in [0, 0.1) is 24.2 Å². The van der Waals surface area contributed by atoms with Crippen molar-refractivity contribution in [3.05, 3.63) is 26.6 Å². The monoisotopic (exact) mass is 403 g/mol. The molecule has 2 unspecified atom stereocenters. The minimum Gasteiger partial charge on any atom is -0.465 e. The summed E-state index contributed by atoms with van der Waals surface area (Å²) in [6.45, 7) is 6.96. The third-order valence-electron chi connectivity index (χ3n) is 4.59. The summed E-state index contributed by atoms with van der Waals surface area (Å²) in [4.78, 5) is 36.9. The van der Waals surface area contributed by atoms with E-state index in [1.54, 1.807) is 13.0 Å². The van der Waals surface area contributed by atoms with Crippen LogP contribution in [0.25, 0.3) is 0 Å². The molecule has 0 bridgehead atoms. The first-order valence-corrected chi connectivity index (χ1v) is 9.15. The number of carbonyl (C=O) groups is 3. The molecule has 8 heteroatoms. The summed E-state index contributed by atoms with van der Waals surface area (Å²) in [6, 6.07) is 0. The van der Waals surface area contributed by atoms with Gasteiger partial charge in [0.15, 0.2) is 5.78 Å². The van der Waals surface area contributed by atoms with Gasteiger partial charge < -0.3 is 10.1 Å². The van der Waals surface area contributed by atoms with Gasteiger partial charge >= 0.3 is 5.97 Å². The summed E-state index contributed by atoms with van der Waals surface area (Å²) in [6.07, 6.45) is 1.65. The molecule has 2 atom stereocenters. The minimum absolute atomic E-state index is 0.0904. The molecule has 5 nitrogen and oxygen atoms in total. The van der Waals surface area contributed by atoms with E-state index < -0.39 is 5.97 Å². The molecule has 1 heterocycles. The van der Waals surface area contributed by atoms with Gasteiger partial charge in [-0.05, 0) is 36.8 Å². The zero-order valence-electron chi connectivity index (χ0n) is 14.5. The van der Waals surface area contributed by atoms with E-state index in [2.05, 4.69) is 5.32 Å². The van der Waals surface area contributed by atoms with E-state index >= 15 is 0 Å². The van der Waals surface area contributed by atoms with Crippen LogP contribution >= 0.6 is 34.5 Å². The number of rotatable bonds is 5. The van der Waals surface area contributed by atoms with Gasteiger partial charge in [0.25, 0.3) is 0 Å². The van der Waals surface area contributed by atoms with E-state index in [-0.39, 0.29) is 39.0 Å². The Kier molecular flexibility index (Phi) is 5.66. The van der Waals surface area contributed by atoms with Crippen molar-refractivity contribution in [2.75, 3.05) is 12.4 Å². The van der Waals surface area contributed by atoms with Crippen molar-refractivity contribution in [1.82, 2.24) is 0 Å². The topological polar surface area (TPSA) is 72.5 Å². The predicted octanol–water partition coefficient (Wildman–Crippen LogP) is 4.58. The van der Waals surface area contributed by atoms with Gasteiger partial charge in [-0.2, -0.15) is 0 Å². The molecule has 1 amide bonds. The Morgan fingerprint density at radius 3 is 2.36 bits per heavy atom. The Balaban J connectivity index is 2.33. The molecule has 1 aliphatic rings. The fraction of sp³-hybridized carbons (Fsp3) is 0.471. The number of hydrogen-bond donors (Lipinski definition) is 1. The second-order valence-corrected chi connectivity index (χ2v) is 8.61. The number of ketones is 1. The molecule has 1 N–H and O–H groups in total. The van der Waals surface area contributed by atoms with Gasteiger partial charge in [0, 0.05) is 0 Å². The summed E-state index contributed by atoms with van der Waals surface area (Å²) < 4.78 is 4.90. The largest absolute Gasteiger partial charge is 0.465 e.